The quantitative estimate of drug-likeness (QED) is 0.738. The predicted octanol–water partition coefficient (Wildman–Crippen LogP) is 1.46. The minimum absolute atomic E-state index is 0.178. The molecule has 1 saturated heterocycles. The molecule has 1 N–H and O–H groups in total. The van der Waals surface area contributed by atoms with Crippen LogP contribution in [0, 0.1) is 0 Å². The molecule has 0 aromatic carbocycles. The van der Waals surface area contributed by atoms with Crippen molar-refractivity contribution in [2.24, 2.45) is 0 Å². The van der Waals surface area contributed by atoms with Crippen molar-refractivity contribution in [3.63, 3.8) is 0 Å². The molecule has 0 radical (unpaired) electrons. The van der Waals surface area contributed by atoms with Gasteiger partial charge in [-0.2, -0.15) is 5.48 Å². The first-order valence-electron chi connectivity index (χ1n) is 6.52. The molecular formula is C12H22N2O2. The zero-order valence-electron chi connectivity index (χ0n) is 9.91. The van der Waals surface area contributed by atoms with Gasteiger partial charge >= 0.3 is 0 Å². The average Bonchev–Trinajstić information content (AvgIpc) is 2.83. The lowest BCUT2D eigenvalue weighted by Gasteiger charge is -2.26. The van der Waals surface area contributed by atoms with Crippen molar-refractivity contribution in [2.75, 3.05) is 19.6 Å². The Hall–Kier alpha value is -0.610. The zero-order chi connectivity index (χ0) is 11.2. The SMILES string of the molecule is O=C(CNOC1CCCC1)N1CCCCC1. The summed E-state index contributed by atoms with van der Waals surface area (Å²) in [6.45, 7) is 2.17. The molecule has 0 atom stereocenters. The third kappa shape index (κ3) is 3.46. The number of amides is 1. The highest BCUT2D eigenvalue weighted by atomic mass is 16.7. The van der Waals surface area contributed by atoms with E-state index >= 15 is 0 Å². The second kappa shape index (κ2) is 6.21. The molecule has 4 heteroatoms. The van der Waals surface area contributed by atoms with Gasteiger partial charge in [-0.1, -0.05) is 12.8 Å². The van der Waals surface area contributed by atoms with Crippen LogP contribution in [0.4, 0.5) is 0 Å². The van der Waals surface area contributed by atoms with E-state index in [2.05, 4.69) is 5.48 Å². The second-order valence-electron chi connectivity index (χ2n) is 4.79. The number of likely N-dealkylation sites (tertiary alicyclic amines) is 1. The van der Waals surface area contributed by atoms with Crippen LogP contribution < -0.4 is 5.48 Å². The van der Waals surface area contributed by atoms with Crippen LogP contribution in [0.15, 0.2) is 0 Å². The van der Waals surface area contributed by atoms with Crippen LogP contribution in [0.2, 0.25) is 0 Å². The Morgan fingerprint density at radius 1 is 1.12 bits per heavy atom. The van der Waals surface area contributed by atoms with Gasteiger partial charge in [-0.3, -0.25) is 9.63 Å². The summed E-state index contributed by atoms with van der Waals surface area (Å²) < 4.78 is 0. The Labute approximate surface area is 97.3 Å². The Morgan fingerprint density at radius 3 is 2.50 bits per heavy atom. The monoisotopic (exact) mass is 226 g/mol. The lowest BCUT2D eigenvalue weighted by Crippen LogP contribution is -2.41. The maximum atomic E-state index is 11.8. The van der Waals surface area contributed by atoms with Crippen molar-refractivity contribution in [1.82, 2.24) is 10.4 Å². The predicted molar refractivity (Wildman–Crippen MR) is 61.8 cm³/mol. The van der Waals surface area contributed by atoms with Crippen molar-refractivity contribution in [3.8, 4) is 0 Å². The summed E-state index contributed by atoms with van der Waals surface area (Å²) in [6.07, 6.45) is 8.66. The number of piperidine rings is 1. The Balaban J connectivity index is 1.59. The van der Waals surface area contributed by atoms with Gasteiger partial charge in [0.1, 0.15) is 6.54 Å². The molecule has 4 nitrogen and oxygen atoms in total. The zero-order valence-corrected chi connectivity index (χ0v) is 9.91. The first-order chi connectivity index (χ1) is 7.86. The van der Waals surface area contributed by atoms with E-state index < -0.39 is 0 Å². The molecule has 2 aliphatic rings. The largest absolute Gasteiger partial charge is 0.342 e. The van der Waals surface area contributed by atoms with E-state index in [9.17, 15) is 4.79 Å². The van der Waals surface area contributed by atoms with E-state index in [0.29, 0.717) is 12.6 Å². The smallest absolute Gasteiger partial charge is 0.238 e. The highest BCUT2D eigenvalue weighted by Crippen LogP contribution is 2.19. The molecule has 16 heavy (non-hydrogen) atoms. The van der Waals surface area contributed by atoms with Crippen LogP contribution in [0.5, 0.6) is 0 Å². The second-order valence-corrected chi connectivity index (χ2v) is 4.79. The van der Waals surface area contributed by atoms with E-state index in [0.717, 1.165) is 38.8 Å². The highest BCUT2D eigenvalue weighted by Gasteiger charge is 2.18. The van der Waals surface area contributed by atoms with Crippen LogP contribution in [0.25, 0.3) is 0 Å². The molecule has 1 amide bonds. The highest BCUT2D eigenvalue weighted by molar-refractivity contribution is 5.78. The molecule has 0 spiro atoms. The van der Waals surface area contributed by atoms with Gasteiger partial charge in [-0.25, -0.2) is 0 Å². The maximum absolute atomic E-state index is 11.8. The third-order valence-electron chi connectivity index (χ3n) is 3.48. The molecule has 92 valence electrons. The molecule has 0 unspecified atom stereocenters. The van der Waals surface area contributed by atoms with E-state index in [1.165, 1.54) is 19.3 Å². The van der Waals surface area contributed by atoms with E-state index in [1.807, 2.05) is 4.90 Å². The normalized spacial score (nSPS) is 22.6. The van der Waals surface area contributed by atoms with Crippen molar-refractivity contribution in [2.45, 2.75) is 51.0 Å². The van der Waals surface area contributed by atoms with Crippen LogP contribution in [-0.2, 0) is 9.63 Å². The molecule has 1 aliphatic heterocycles. The average molecular weight is 226 g/mol. The van der Waals surface area contributed by atoms with Gasteiger partial charge in [0.2, 0.25) is 5.91 Å². The Bertz CT molecular complexity index is 221. The standard InChI is InChI=1S/C12H22N2O2/c15-12(14-8-4-1-5-9-14)10-13-16-11-6-2-3-7-11/h11,13H,1-10H2. The molecule has 0 aromatic rings. The minimum atomic E-state index is 0.178. The van der Waals surface area contributed by atoms with Gasteiger partial charge in [0.05, 0.1) is 6.10 Å². The lowest BCUT2D eigenvalue weighted by atomic mass is 10.1. The molecule has 1 aliphatic carbocycles. The summed E-state index contributed by atoms with van der Waals surface area (Å²) in [7, 11) is 0. The minimum Gasteiger partial charge on any atom is -0.342 e. The molecule has 2 rings (SSSR count). The summed E-state index contributed by atoms with van der Waals surface area (Å²) >= 11 is 0. The van der Waals surface area contributed by atoms with Gasteiger partial charge in [-0.05, 0) is 32.1 Å². The van der Waals surface area contributed by atoms with Gasteiger partial charge in [0, 0.05) is 13.1 Å². The summed E-state index contributed by atoms with van der Waals surface area (Å²) in [5, 5.41) is 0. The number of hydrogen-bond acceptors (Lipinski definition) is 3. The Kier molecular flexibility index (Phi) is 4.60. The summed E-state index contributed by atoms with van der Waals surface area (Å²) in [4.78, 5) is 19.2. The van der Waals surface area contributed by atoms with Gasteiger partial charge < -0.3 is 4.90 Å². The third-order valence-corrected chi connectivity index (χ3v) is 3.48. The van der Waals surface area contributed by atoms with Gasteiger partial charge in [0.15, 0.2) is 0 Å². The van der Waals surface area contributed by atoms with Crippen LogP contribution in [0.1, 0.15) is 44.9 Å². The van der Waals surface area contributed by atoms with Crippen molar-refractivity contribution in [3.05, 3.63) is 0 Å². The van der Waals surface area contributed by atoms with E-state index in [1.54, 1.807) is 0 Å². The summed E-state index contributed by atoms with van der Waals surface area (Å²) in [6, 6.07) is 0. The first-order valence-corrected chi connectivity index (χ1v) is 6.52. The number of carbonyl (C=O) groups is 1. The first kappa shape index (κ1) is 11.9. The van der Waals surface area contributed by atoms with Crippen LogP contribution in [0.3, 0.4) is 0 Å². The molecular weight excluding hydrogens is 204 g/mol. The number of carbonyl (C=O) groups excluding carboxylic acids is 1. The van der Waals surface area contributed by atoms with Gasteiger partial charge in [0.25, 0.3) is 0 Å². The van der Waals surface area contributed by atoms with Gasteiger partial charge in [-0.15, -0.1) is 0 Å². The van der Waals surface area contributed by atoms with Crippen molar-refractivity contribution < 1.29 is 9.63 Å². The topological polar surface area (TPSA) is 41.6 Å². The number of nitrogens with zero attached hydrogens (tertiary/aromatic N) is 1. The number of hydrogen-bond donors (Lipinski definition) is 1. The fourth-order valence-electron chi connectivity index (χ4n) is 2.48. The van der Waals surface area contributed by atoms with Crippen LogP contribution in [-0.4, -0.2) is 36.5 Å². The van der Waals surface area contributed by atoms with Crippen molar-refractivity contribution in [1.29, 1.82) is 0 Å². The fourth-order valence-corrected chi connectivity index (χ4v) is 2.48. The Morgan fingerprint density at radius 2 is 1.81 bits per heavy atom. The van der Waals surface area contributed by atoms with E-state index in [-0.39, 0.29) is 5.91 Å². The lowest BCUT2D eigenvalue weighted by molar-refractivity contribution is -0.135. The molecule has 0 aromatic heterocycles. The van der Waals surface area contributed by atoms with Crippen molar-refractivity contribution >= 4 is 5.91 Å². The number of hydroxylamine groups is 1. The van der Waals surface area contributed by atoms with E-state index in [4.69, 9.17) is 4.84 Å². The summed E-state index contributed by atoms with van der Waals surface area (Å²) in [5.41, 5.74) is 2.83. The molecule has 1 heterocycles. The maximum Gasteiger partial charge on any atom is 0.238 e. The molecule has 0 bridgehead atoms. The molecule has 1 saturated carbocycles. The van der Waals surface area contributed by atoms with Crippen LogP contribution >= 0.6 is 0 Å². The molecule has 2 fully saturated rings. The summed E-state index contributed by atoms with van der Waals surface area (Å²) in [5.74, 6) is 0.178. The number of rotatable bonds is 4. The number of nitrogens with one attached hydrogen (secondary N) is 1. The fraction of sp³-hybridized carbons (Fsp3) is 0.917.